The van der Waals surface area contributed by atoms with Gasteiger partial charge in [0.2, 0.25) is 21.8 Å². The number of anilines is 1. The number of rotatable bonds is 5. The zero-order valence-corrected chi connectivity index (χ0v) is 19.6. The molecule has 3 aromatic carbocycles. The predicted octanol–water partition coefficient (Wildman–Crippen LogP) is 4.58. The second kappa shape index (κ2) is 9.17. The monoisotopic (exact) mass is 496 g/mol. The minimum atomic E-state index is -3.64. The van der Waals surface area contributed by atoms with Crippen molar-refractivity contribution in [1.82, 2.24) is 14.5 Å². The summed E-state index contributed by atoms with van der Waals surface area (Å²) in [6.45, 7) is 0.514. The predicted molar refractivity (Wildman–Crippen MR) is 129 cm³/mol. The van der Waals surface area contributed by atoms with Crippen LogP contribution in [-0.4, -0.2) is 41.9 Å². The average molecular weight is 497 g/mol. The van der Waals surface area contributed by atoms with Crippen molar-refractivity contribution in [2.45, 2.75) is 17.7 Å². The third kappa shape index (κ3) is 4.54. The molecule has 1 aliphatic heterocycles. The molecule has 1 aromatic heterocycles. The van der Waals surface area contributed by atoms with Gasteiger partial charge in [0.15, 0.2) is 0 Å². The Hall–Kier alpha value is -3.27. The maximum Gasteiger partial charge on any atom is 0.322 e. The van der Waals surface area contributed by atoms with Crippen LogP contribution >= 0.6 is 11.6 Å². The smallest absolute Gasteiger partial charge is 0.322 e. The van der Waals surface area contributed by atoms with Crippen molar-refractivity contribution < 1.29 is 17.6 Å². The van der Waals surface area contributed by atoms with Gasteiger partial charge in [-0.2, -0.15) is 4.31 Å². The quantitative estimate of drug-likeness (QED) is 0.433. The first-order valence-electron chi connectivity index (χ1n) is 10.8. The lowest BCUT2D eigenvalue weighted by molar-refractivity contribution is -0.121. The van der Waals surface area contributed by atoms with E-state index in [4.69, 9.17) is 16.0 Å². The number of hydrogen-bond donors (Lipinski definition) is 1. The van der Waals surface area contributed by atoms with Gasteiger partial charge >= 0.3 is 6.01 Å². The number of benzene rings is 3. The topological polar surface area (TPSA) is 105 Å². The first-order valence-corrected chi connectivity index (χ1v) is 12.6. The molecule has 5 rings (SSSR count). The zero-order valence-electron chi connectivity index (χ0n) is 18.0. The Labute approximate surface area is 201 Å². The van der Waals surface area contributed by atoms with E-state index in [0.29, 0.717) is 23.4 Å². The van der Waals surface area contributed by atoms with E-state index in [2.05, 4.69) is 15.5 Å². The third-order valence-corrected chi connectivity index (χ3v) is 8.08. The molecule has 1 saturated heterocycles. The average Bonchev–Trinajstić information content (AvgIpc) is 3.32. The zero-order chi connectivity index (χ0) is 23.7. The Balaban J connectivity index is 1.21. The largest absolute Gasteiger partial charge is 0.403 e. The van der Waals surface area contributed by atoms with Crippen LogP contribution in [-0.2, 0) is 14.8 Å². The van der Waals surface area contributed by atoms with E-state index < -0.39 is 10.0 Å². The second-order valence-electron chi connectivity index (χ2n) is 8.10. The van der Waals surface area contributed by atoms with Gasteiger partial charge in [-0.05, 0) is 60.0 Å². The number of nitrogens with zero attached hydrogens (tertiary/aromatic N) is 3. The molecular formula is C24H21ClN4O4S. The Morgan fingerprint density at radius 3 is 2.41 bits per heavy atom. The summed E-state index contributed by atoms with van der Waals surface area (Å²) in [5.74, 6) is -0.355. The number of hydrogen-bond acceptors (Lipinski definition) is 6. The van der Waals surface area contributed by atoms with Crippen molar-refractivity contribution in [2.24, 2.45) is 5.92 Å². The SMILES string of the molecule is O=C(Nc1nnc(-c2ccc(Cl)cc2)o1)C1CCN(S(=O)(=O)c2ccc3ccccc3c2)CC1. The van der Waals surface area contributed by atoms with Crippen molar-refractivity contribution >= 4 is 44.3 Å². The van der Waals surface area contributed by atoms with Crippen molar-refractivity contribution in [3.8, 4) is 11.5 Å². The molecule has 10 heteroatoms. The molecule has 1 aliphatic rings. The third-order valence-electron chi connectivity index (χ3n) is 5.93. The second-order valence-corrected chi connectivity index (χ2v) is 10.5. The molecular weight excluding hydrogens is 476 g/mol. The summed E-state index contributed by atoms with van der Waals surface area (Å²) < 4.78 is 33.3. The highest BCUT2D eigenvalue weighted by Gasteiger charge is 2.32. The lowest BCUT2D eigenvalue weighted by atomic mass is 9.97. The molecule has 0 unspecified atom stereocenters. The number of nitrogens with one attached hydrogen (secondary N) is 1. The highest BCUT2D eigenvalue weighted by atomic mass is 35.5. The molecule has 2 heterocycles. The van der Waals surface area contributed by atoms with E-state index in [9.17, 15) is 13.2 Å². The lowest BCUT2D eigenvalue weighted by Crippen LogP contribution is -2.41. The number of piperidine rings is 1. The van der Waals surface area contributed by atoms with E-state index in [1.165, 1.54) is 4.31 Å². The van der Waals surface area contributed by atoms with Gasteiger partial charge in [0, 0.05) is 29.6 Å². The van der Waals surface area contributed by atoms with E-state index in [-0.39, 0.29) is 41.7 Å². The molecule has 0 saturated carbocycles. The first kappa shape index (κ1) is 22.5. The van der Waals surface area contributed by atoms with Crippen molar-refractivity contribution in [3.05, 3.63) is 71.8 Å². The van der Waals surface area contributed by atoms with Crippen LogP contribution in [0.4, 0.5) is 6.01 Å². The summed E-state index contributed by atoms with van der Waals surface area (Å²) in [6.07, 6.45) is 0.799. The van der Waals surface area contributed by atoms with Crippen LogP contribution in [0.15, 0.2) is 76.0 Å². The minimum absolute atomic E-state index is 0.00108. The van der Waals surface area contributed by atoms with Gasteiger partial charge in [0.25, 0.3) is 0 Å². The Bertz CT molecular complexity index is 1450. The van der Waals surface area contributed by atoms with Crippen LogP contribution in [0.5, 0.6) is 0 Å². The van der Waals surface area contributed by atoms with Crippen LogP contribution in [0.3, 0.4) is 0 Å². The maximum absolute atomic E-state index is 13.1. The fourth-order valence-electron chi connectivity index (χ4n) is 4.03. The number of aromatic nitrogens is 2. The summed E-state index contributed by atoms with van der Waals surface area (Å²) in [5, 5.41) is 12.9. The van der Waals surface area contributed by atoms with E-state index >= 15 is 0 Å². The highest BCUT2D eigenvalue weighted by Crippen LogP contribution is 2.27. The molecule has 0 aliphatic carbocycles. The van der Waals surface area contributed by atoms with Gasteiger partial charge in [-0.15, -0.1) is 5.10 Å². The molecule has 0 spiro atoms. The molecule has 34 heavy (non-hydrogen) atoms. The summed E-state index contributed by atoms with van der Waals surface area (Å²) in [5.41, 5.74) is 0.685. The van der Waals surface area contributed by atoms with Gasteiger partial charge in [0.1, 0.15) is 0 Å². The summed E-state index contributed by atoms with van der Waals surface area (Å²) in [6, 6.07) is 19.7. The van der Waals surface area contributed by atoms with Crippen molar-refractivity contribution in [1.29, 1.82) is 0 Å². The van der Waals surface area contributed by atoms with E-state index in [0.717, 1.165) is 10.8 Å². The van der Waals surface area contributed by atoms with Crippen molar-refractivity contribution in [3.63, 3.8) is 0 Å². The maximum atomic E-state index is 13.1. The van der Waals surface area contributed by atoms with E-state index in [1.807, 2.05) is 30.3 Å². The fraction of sp³-hybridized carbons (Fsp3) is 0.208. The molecule has 1 amide bonds. The Morgan fingerprint density at radius 1 is 0.971 bits per heavy atom. The summed E-state index contributed by atoms with van der Waals surface area (Å²) in [7, 11) is -3.64. The summed E-state index contributed by atoms with van der Waals surface area (Å²) >= 11 is 5.89. The number of sulfonamides is 1. The normalized spacial score (nSPS) is 15.4. The number of carbonyl (C=O) groups is 1. The van der Waals surface area contributed by atoms with Crippen LogP contribution in [0.1, 0.15) is 12.8 Å². The van der Waals surface area contributed by atoms with Gasteiger partial charge in [-0.1, -0.05) is 47.0 Å². The van der Waals surface area contributed by atoms with E-state index in [1.54, 1.807) is 36.4 Å². The Morgan fingerprint density at radius 2 is 1.68 bits per heavy atom. The van der Waals surface area contributed by atoms with Gasteiger partial charge in [0.05, 0.1) is 4.90 Å². The summed E-state index contributed by atoms with van der Waals surface area (Å²) in [4.78, 5) is 13.0. The van der Waals surface area contributed by atoms with Crippen LogP contribution in [0.2, 0.25) is 5.02 Å². The number of fused-ring (bicyclic) bond motifs is 1. The Kier molecular flexibility index (Phi) is 6.07. The fourth-order valence-corrected chi connectivity index (χ4v) is 5.66. The lowest BCUT2D eigenvalue weighted by Gasteiger charge is -2.30. The van der Waals surface area contributed by atoms with Gasteiger partial charge < -0.3 is 4.42 Å². The number of halogens is 1. The van der Waals surface area contributed by atoms with Gasteiger partial charge in [-0.3, -0.25) is 10.1 Å². The first-order chi connectivity index (χ1) is 16.4. The highest BCUT2D eigenvalue weighted by molar-refractivity contribution is 7.89. The standard InChI is InChI=1S/C24H21ClN4O4S/c25-20-8-5-18(6-9-20)23-27-28-24(33-23)26-22(30)17-11-13-29(14-12-17)34(31,32)21-10-7-16-3-1-2-4-19(16)15-21/h1-10,15,17H,11-14H2,(H,26,28,30). The van der Waals surface area contributed by atoms with Crippen LogP contribution < -0.4 is 5.32 Å². The molecule has 8 nitrogen and oxygen atoms in total. The molecule has 0 bridgehead atoms. The van der Waals surface area contributed by atoms with Gasteiger partial charge in [-0.25, -0.2) is 8.42 Å². The molecule has 1 fully saturated rings. The van der Waals surface area contributed by atoms with Crippen LogP contribution in [0.25, 0.3) is 22.2 Å². The molecule has 4 aromatic rings. The number of amides is 1. The minimum Gasteiger partial charge on any atom is -0.403 e. The van der Waals surface area contributed by atoms with Crippen LogP contribution in [0, 0.1) is 5.92 Å². The number of carbonyl (C=O) groups excluding carboxylic acids is 1. The molecule has 0 radical (unpaired) electrons. The molecule has 0 atom stereocenters. The molecule has 1 N–H and O–H groups in total. The van der Waals surface area contributed by atoms with Crippen molar-refractivity contribution in [2.75, 3.05) is 18.4 Å². The molecule has 174 valence electrons.